The SMILES string of the molecule is CN(C)c1c([N+](=O)[O-])cc(N2C(=O)[C@H]3[C@H](CC=C4[C@H]3C[C@H]3C(=O)N(c5cccc(Cl)c5)C(=O)[C@@]3(c3ccccc3)[C@H]4c3ccc(CO)o3)C2=O)cc1[N+](=O)[O-]. The first-order valence-electron chi connectivity index (χ1n) is 17.4. The van der Waals surface area contributed by atoms with Crippen LogP contribution in [0.4, 0.5) is 28.4 Å². The van der Waals surface area contributed by atoms with Gasteiger partial charge in [0.15, 0.2) is 5.69 Å². The molecule has 2 aliphatic carbocycles. The maximum Gasteiger partial charge on any atom is 0.301 e. The average Bonchev–Trinajstić information content (AvgIpc) is 3.81. The van der Waals surface area contributed by atoms with Crippen molar-refractivity contribution in [2.75, 3.05) is 28.8 Å². The van der Waals surface area contributed by atoms with Gasteiger partial charge in [0.05, 0.1) is 44.9 Å². The molecule has 6 atom stereocenters. The first kappa shape index (κ1) is 35.8. The molecule has 8 rings (SSSR count). The smallest absolute Gasteiger partial charge is 0.301 e. The number of aliphatic hydroxyl groups excluding tert-OH is 1. The number of nitro groups is 2. The number of imide groups is 2. The van der Waals surface area contributed by atoms with Crippen LogP contribution >= 0.6 is 11.6 Å². The molecule has 280 valence electrons. The number of anilines is 3. The number of nitrogens with zero attached hydrogens (tertiary/aromatic N) is 5. The number of allylic oxidation sites excluding steroid dienone is 2. The maximum atomic E-state index is 15.3. The highest BCUT2D eigenvalue weighted by molar-refractivity contribution is 6.32. The third-order valence-electron chi connectivity index (χ3n) is 11.4. The van der Waals surface area contributed by atoms with Gasteiger partial charge in [-0.25, -0.2) is 9.80 Å². The Morgan fingerprint density at radius 3 is 2.15 bits per heavy atom. The normalized spacial score (nSPS) is 25.7. The number of carbonyl (C=O) groups is 4. The fourth-order valence-corrected chi connectivity index (χ4v) is 9.58. The van der Waals surface area contributed by atoms with Gasteiger partial charge in [0.25, 0.3) is 0 Å². The number of rotatable bonds is 8. The molecule has 0 bridgehead atoms. The molecule has 4 aromatic rings. The highest BCUT2D eigenvalue weighted by atomic mass is 35.5. The highest BCUT2D eigenvalue weighted by Crippen LogP contribution is 2.65. The summed E-state index contributed by atoms with van der Waals surface area (Å²) in [6, 6.07) is 20.3. The van der Waals surface area contributed by atoms with Crippen molar-refractivity contribution in [3.8, 4) is 0 Å². The fraction of sp³-hybridized carbons (Fsp3) is 0.282. The van der Waals surface area contributed by atoms with E-state index in [0.717, 1.165) is 21.9 Å². The van der Waals surface area contributed by atoms with Crippen molar-refractivity contribution in [3.05, 3.63) is 133 Å². The summed E-state index contributed by atoms with van der Waals surface area (Å²) < 4.78 is 6.18. The molecule has 3 heterocycles. The maximum absolute atomic E-state index is 15.3. The molecule has 1 saturated carbocycles. The van der Waals surface area contributed by atoms with E-state index in [0.29, 0.717) is 16.2 Å². The molecule has 0 radical (unpaired) electrons. The van der Waals surface area contributed by atoms with Gasteiger partial charge in [0.2, 0.25) is 23.6 Å². The minimum atomic E-state index is -1.60. The van der Waals surface area contributed by atoms with Gasteiger partial charge in [-0.3, -0.25) is 39.4 Å². The summed E-state index contributed by atoms with van der Waals surface area (Å²) in [5, 5.41) is 34.7. The van der Waals surface area contributed by atoms with Crippen LogP contribution in [0.25, 0.3) is 0 Å². The Labute approximate surface area is 317 Å². The number of amides is 4. The zero-order chi connectivity index (χ0) is 39.1. The van der Waals surface area contributed by atoms with E-state index in [1.807, 2.05) is 0 Å². The molecule has 4 aliphatic rings. The third-order valence-corrected chi connectivity index (χ3v) is 11.7. The Hall–Kier alpha value is -6.19. The number of aliphatic hydroxyl groups is 1. The van der Waals surface area contributed by atoms with E-state index in [4.69, 9.17) is 16.0 Å². The molecular weight excluding hydrogens is 734 g/mol. The lowest BCUT2D eigenvalue weighted by atomic mass is 9.50. The van der Waals surface area contributed by atoms with E-state index in [-0.39, 0.29) is 41.4 Å². The average molecular weight is 766 g/mol. The van der Waals surface area contributed by atoms with E-state index < -0.39 is 86.5 Å². The first-order valence-corrected chi connectivity index (χ1v) is 17.8. The minimum absolute atomic E-state index is 0.0251. The van der Waals surface area contributed by atoms with Gasteiger partial charge in [-0.1, -0.05) is 59.6 Å². The molecule has 16 heteroatoms. The van der Waals surface area contributed by atoms with E-state index in [2.05, 4.69) is 0 Å². The van der Waals surface area contributed by atoms with Crippen LogP contribution in [0.3, 0.4) is 0 Å². The van der Waals surface area contributed by atoms with Gasteiger partial charge >= 0.3 is 11.4 Å². The number of hydrogen-bond acceptors (Lipinski definition) is 11. The number of fused-ring (bicyclic) bond motifs is 4. The summed E-state index contributed by atoms with van der Waals surface area (Å²) in [7, 11) is 2.81. The van der Waals surface area contributed by atoms with Gasteiger partial charge < -0.3 is 14.4 Å². The lowest BCUT2D eigenvalue weighted by Gasteiger charge is -2.49. The van der Waals surface area contributed by atoms with Crippen molar-refractivity contribution in [1.82, 2.24) is 0 Å². The summed E-state index contributed by atoms with van der Waals surface area (Å²) >= 11 is 6.35. The van der Waals surface area contributed by atoms with Crippen LogP contribution in [-0.4, -0.2) is 52.7 Å². The van der Waals surface area contributed by atoms with Gasteiger partial charge in [-0.05, 0) is 54.7 Å². The van der Waals surface area contributed by atoms with Crippen LogP contribution in [-0.2, 0) is 31.2 Å². The van der Waals surface area contributed by atoms with Gasteiger partial charge in [-0.2, -0.15) is 0 Å². The third kappa shape index (κ3) is 5.13. The van der Waals surface area contributed by atoms with Crippen molar-refractivity contribution in [1.29, 1.82) is 0 Å². The second-order valence-electron chi connectivity index (χ2n) is 14.3. The standard InChI is InChI=1S/C39H32ClN5O10/c1-41(2)34-29(44(51)52)16-23(17-30(34)45(53)54)42-35(47)26-13-12-25-27(32(26)37(42)49)18-28-36(48)43(22-10-6-9-21(40)15-22)38(50)39(28,20-7-4-3-5-8-20)33(25)31-14-11-24(19-46)55-31/h3-12,14-17,26-28,32-33,46H,13,18-19H2,1-2H3/t26-,27+,28-,32-,33+,39+/m0/s1. The fourth-order valence-electron chi connectivity index (χ4n) is 9.40. The van der Waals surface area contributed by atoms with Crippen LogP contribution in [0.5, 0.6) is 0 Å². The Bertz CT molecular complexity index is 2340. The summed E-state index contributed by atoms with van der Waals surface area (Å²) in [5.74, 6) is -7.00. The second kappa shape index (κ2) is 13.0. The lowest BCUT2D eigenvalue weighted by Crippen LogP contribution is -2.53. The molecular formula is C39H32ClN5O10. The van der Waals surface area contributed by atoms with Crippen molar-refractivity contribution in [2.45, 2.75) is 30.8 Å². The van der Waals surface area contributed by atoms with Crippen LogP contribution in [0.15, 0.2) is 94.9 Å². The topological polar surface area (TPSA) is 198 Å². The van der Waals surface area contributed by atoms with Crippen molar-refractivity contribution >= 4 is 63.7 Å². The van der Waals surface area contributed by atoms with Crippen molar-refractivity contribution < 1.29 is 38.5 Å². The zero-order valence-electron chi connectivity index (χ0n) is 29.3. The number of furan rings is 1. The molecule has 0 unspecified atom stereocenters. The van der Waals surface area contributed by atoms with E-state index >= 15 is 4.79 Å². The van der Waals surface area contributed by atoms with Gasteiger partial charge in [0.1, 0.15) is 23.5 Å². The lowest BCUT2D eigenvalue weighted by molar-refractivity contribution is -0.392. The Balaban J connectivity index is 1.31. The van der Waals surface area contributed by atoms with Crippen LogP contribution in [0, 0.1) is 43.9 Å². The van der Waals surface area contributed by atoms with E-state index in [9.17, 15) is 39.7 Å². The molecule has 2 aliphatic heterocycles. The number of benzene rings is 3. The van der Waals surface area contributed by atoms with Crippen molar-refractivity contribution in [2.24, 2.45) is 23.7 Å². The van der Waals surface area contributed by atoms with Gasteiger partial charge in [-0.15, -0.1) is 0 Å². The predicted octanol–water partition coefficient (Wildman–Crippen LogP) is 5.67. The molecule has 3 aromatic carbocycles. The van der Waals surface area contributed by atoms with Crippen LogP contribution < -0.4 is 14.7 Å². The molecule has 0 spiro atoms. The van der Waals surface area contributed by atoms with E-state index in [1.165, 1.54) is 25.1 Å². The molecule has 15 nitrogen and oxygen atoms in total. The van der Waals surface area contributed by atoms with Gasteiger partial charge in [0, 0.05) is 31.3 Å². The monoisotopic (exact) mass is 765 g/mol. The predicted molar refractivity (Wildman–Crippen MR) is 197 cm³/mol. The molecule has 4 amide bonds. The summed E-state index contributed by atoms with van der Waals surface area (Å²) in [5.41, 5.74) is -2.21. The quantitative estimate of drug-likeness (QED) is 0.100. The molecule has 1 aromatic heterocycles. The number of carbonyl (C=O) groups excluding carboxylic acids is 4. The van der Waals surface area contributed by atoms with Crippen molar-refractivity contribution in [3.63, 3.8) is 0 Å². The Morgan fingerprint density at radius 2 is 1.55 bits per heavy atom. The summed E-state index contributed by atoms with van der Waals surface area (Å²) in [6.45, 7) is -0.448. The molecule has 1 N–H and O–H groups in total. The van der Waals surface area contributed by atoms with Crippen LogP contribution in [0.1, 0.15) is 35.8 Å². The highest BCUT2D eigenvalue weighted by Gasteiger charge is 2.71. The minimum Gasteiger partial charge on any atom is -0.463 e. The van der Waals surface area contributed by atoms with Crippen LogP contribution in [0.2, 0.25) is 5.02 Å². The first-order chi connectivity index (χ1) is 26.3. The zero-order valence-corrected chi connectivity index (χ0v) is 30.1. The number of hydrogen-bond donors (Lipinski definition) is 1. The number of halogens is 1. The number of nitro benzene ring substituents is 2. The Morgan fingerprint density at radius 1 is 0.855 bits per heavy atom. The largest absolute Gasteiger partial charge is 0.463 e. The summed E-state index contributed by atoms with van der Waals surface area (Å²) in [4.78, 5) is 84.9. The molecule has 55 heavy (non-hydrogen) atoms. The molecule has 2 saturated heterocycles. The Kier molecular flexibility index (Phi) is 8.46. The van der Waals surface area contributed by atoms with E-state index in [1.54, 1.807) is 66.7 Å². The molecule has 3 fully saturated rings. The summed E-state index contributed by atoms with van der Waals surface area (Å²) in [6.07, 6.45) is 1.78. The second-order valence-corrected chi connectivity index (χ2v) is 14.7.